The first-order chi connectivity index (χ1) is 9.63. The summed E-state index contributed by atoms with van der Waals surface area (Å²) in [7, 11) is 0. The second kappa shape index (κ2) is 7.81. The van der Waals surface area contributed by atoms with Crippen molar-refractivity contribution in [3.8, 4) is 0 Å². The first-order valence-electron chi connectivity index (χ1n) is 7.02. The van der Waals surface area contributed by atoms with Crippen molar-refractivity contribution in [1.82, 2.24) is 15.6 Å². The number of amides is 1. The van der Waals surface area contributed by atoms with Crippen LogP contribution in [0.1, 0.15) is 29.6 Å². The number of nitrogens with one attached hydrogen (secondary N) is 2. The van der Waals surface area contributed by atoms with Gasteiger partial charge in [0.1, 0.15) is 5.52 Å². The lowest BCUT2D eigenvalue weighted by molar-refractivity contribution is 0.0888. The summed E-state index contributed by atoms with van der Waals surface area (Å²) in [6.45, 7) is 5.94. The van der Waals surface area contributed by atoms with E-state index >= 15 is 0 Å². The summed E-state index contributed by atoms with van der Waals surface area (Å²) >= 11 is 0. The second-order valence-electron chi connectivity index (χ2n) is 5.50. The zero-order chi connectivity index (χ0) is 14.1. The molecule has 0 saturated carbocycles. The average molecular weight is 346 g/mol. The summed E-state index contributed by atoms with van der Waals surface area (Å²) in [4.78, 5) is 16.6. The van der Waals surface area contributed by atoms with Gasteiger partial charge in [-0.3, -0.25) is 4.79 Å². The fourth-order valence-electron chi connectivity index (χ4n) is 2.61. The topological polar surface area (TPSA) is 67.2 Å². The van der Waals surface area contributed by atoms with Crippen LogP contribution in [0.5, 0.6) is 0 Å². The molecule has 2 atom stereocenters. The Morgan fingerprint density at radius 3 is 2.91 bits per heavy atom. The van der Waals surface area contributed by atoms with Gasteiger partial charge in [-0.05, 0) is 44.5 Å². The lowest BCUT2D eigenvalue weighted by Gasteiger charge is -2.29. The number of aryl methyl sites for hydroxylation is 1. The van der Waals surface area contributed by atoms with Gasteiger partial charge in [-0.25, -0.2) is 4.98 Å². The lowest BCUT2D eigenvalue weighted by Crippen LogP contribution is -2.48. The molecule has 0 spiro atoms. The number of rotatable bonds is 2. The Hall–Kier alpha value is -1.30. The maximum absolute atomic E-state index is 12.3. The van der Waals surface area contributed by atoms with Crippen LogP contribution in [0.25, 0.3) is 11.1 Å². The van der Waals surface area contributed by atoms with Gasteiger partial charge < -0.3 is 15.1 Å². The van der Waals surface area contributed by atoms with Crippen molar-refractivity contribution in [3.63, 3.8) is 0 Å². The third-order valence-corrected chi connectivity index (χ3v) is 3.84. The van der Waals surface area contributed by atoms with Gasteiger partial charge >= 0.3 is 0 Å². The summed E-state index contributed by atoms with van der Waals surface area (Å²) in [6, 6.07) is 5.64. The van der Waals surface area contributed by atoms with Crippen LogP contribution in [-0.4, -0.2) is 30.0 Å². The molecule has 2 aromatic rings. The largest absolute Gasteiger partial charge is 0.449 e. The van der Waals surface area contributed by atoms with E-state index in [1.165, 1.54) is 0 Å². The number of nitrogens with zero attached hydrogens (tertiary/aromatic N) is 1. The number of fused-ring (bicyclic) bond motifs is 1. The van der Waals surface area contributed by atoms with E-state index in [1.54, 1.807) is 6.07 Å². The van der Waals surface area contributed by atoms with E-state index in [1.807, 2.05) is 19.1 Å². The van der Waals surface area contributed by atoms with Gasteiger partial charge in [-0.2, -0.15) is 0 Å². The normalized spacial score (nSPS) is 20.8. The molecule has 1 fully saturated rings. The number of halogens is 2. The Morgan fingerprint density at radius 1 is 1.41 bits per heavy atom. The minimum Gasteiger partial charge on any atom is -0.449 e. The fraction of sp³-hybridized carbons (Fsp3) is 0.467. The van der Waals surface area contributed by atoms with Crippen LogP contribution in [0.3, 0.4) is 0 Å². The van der Waals surface area contributed by atoms with E-state index in [0.29, 0.717) is 17.3 Å². The molecule has 1 amide bonds. The summed E-state index contributed by atoms with van der Waals surface area (Å²) < 4.78 is 5.57. The van der Waals surface area contributed by atoms with Crippen LogP contribution < -0.4 is 10.6 Å². The molecule has 2 N–H and O–H groups in total. The number of hydrogen-bond donors (Lipinski definition) is 2. The van der Waals surface area contributed by atoms with Crippen molar-refractivity contribution in [3.05, 3.63) is 29.7 Å². The monoisotopic (exact) mass is 345 g/mol. The lowest BCUT2D eigenvalue weighted by atomic mass is 9.95. The van der Waals surface area contributed by atoms with E-state index in [9.17, 15) is 4.79 Å². The molecule has 1 saturated heterocycles. The molecule has 3 heterocycles. The highest BCUT2D eigenvalue weighted by molar-refractivity contribution is 5.95. The number of aromatic nitrogens is 1. The molecule has 0 aromatic carbocycles. The zero-order valence-corrected chi connectivity index (χ0v) is 14.2. The van der Waals surface area contributed by atoms with E-state index < -0.39 is 0 Å². The van der Waals surface area contributed by atoms with Crippen molar-refractivity contribution < 1.29 is 9.21 Å². The Labute approximate surface area is 142 Å². The summed E-state index contributed by atoms with van der Waals surface area (Å²) in [5.74, 6) is 0.612. The molecule has 5 nitrogen and oxygen atoms in total. The van der Waals surface area contributed by atoms with Crippen molar-refractivity contribution >= 4 is 41.8 Å². The molecular formula is C15H21Cl2N3O2. The van der Waals surface area contributed by atoms with Gasteiger partial charge in [0.2, 0.25) is 0 Å². The molecule has 7 heteroatoms. The first kappa shape index (κ1) is 18.7. The van der Waals surface area contributed by atoms with Gasteiger partial charge in [-0.15, -0.1) is 24.8 Å². The minimum atomic E-state index is -0.153. The average Bonchev–Trinajstić information content (AvgIpc) is 2.84. The van der Waals surface area contributed by atoms with Gasteiger partial charge in [0.05, 0.1) is 0 Å². The number of furan rings is 1. The Bertz CT molecular complexity index is 645. The van der Waals surface area contributed by atoms with Crippen LogP contribution in [0.2, 0.25) is 0 Å². The van der Waals surface area contributed by atoms with Gasteiger partial charge in [0.15, 0.2) is 11.3 Å². The Kier molecular flexibility index (Phi) is 6.66. The van der Waals surface area contributed by atoms with Crippen molar-refractivity contribution in [2.45, 2.75) is 26.3 Å². The van der Waals surface area contributed by atoms with Gasteiger partial charge in [0, 0.05) is 17.8 Å². The highest BCUT2D eigenvalue weighted by Crippen LogP contribution is 2.19. The van der Waals surface area contributed by atoms with Crippen molar-refractivity contribution in [1.29, 1.82) is 0 Å². The molecule has 3 rings (SSSR count). The second-order valence-corrected chi connectivity index (χ2v) is 5.50. The van der Waals surface area contributed by atoms with E-state index in [2.05, 4.69) is 22.5 Å². The number of carbonyl (C=O) groups excluding carboxylic acids is 1. The summed E-state index contributed by atoms with van der Waals surface area (Å²) in [5, 5.41) is 6.38. The van der Waals surface area contributed by atoms with E-state index in [4.69, 9.17) is 4.42 Å². The minimum absolute atomic E-state index is 0. The molecule has 0 bridgehead atoms. The molecule has 0 radical (unpaired) electrons. The number of piperidine rings is 1. The van der Waals surface area contributed by atoms with Gasteiger partial charge in [-0.1, -0.05) is 6.92 Å². The third-order valence-electron chi connectivity index (χ3n) is 3.84. The quantitative estimate of drug-likeness (QED) is 0.877. The van der Waals surface area contributed by atoms with Crippen LogP contribution in [0.15, 0.2) is 22.6 Å². The predicted molar refractivity (Wildman–Crippen MR) is 91.1 cm³/mol. The molecule has 0 aliphatic carbocycles. The molecular weight excluding hydrogens is 325 g/mol. The predicted octanol–water partition coefficient (Wildman–Crippen LogP) is 2.71. The molecule has 22 heavy (non-hydrogen) atoms. The highest BCUT2D eigenvalue weighted by atomic mass is 35.5. The van der Waals surface area contributed by atoms with Crippen LogP contribution in [0, 0.1) is 12.8 Å². The zero-order valence-electron chi connectivity index (χ0n) is 12.6. The van der Waals surface area contributed by atoms with Crippen LogP contribution in [-0.2, 0) is 0 Å². The molecule has 2 aromatic heterocycles. The van der Waals surface area contributed by atoms with Crippen molar-refractivity contribution in [2.75, 3.05) is 13.1 Å². The Morgan fingerprint density at radius 2 is 2.18 bits per heavy atom. The molecule has 1 aliphatic rings. The molecule has 1 aliphatic heterocycles. The summed E-state index contributed by atoms with van der Waals surface area (Å²) in [5.41, 5.74) is 2.30. The maximum Gasteiger partial charge on any atom is 0.287 e. The number of carbonyl (C=O) groups is 1. The van der Waals surface area contributed by atoms with Crippen molar-refractivity contribution in [2.24, 2.45) is 5.92 Å². The number of pyridine rings is 1. The molecule has 122 valence electrons. The van der Waals surface area contributed by atoms with E-state index in [0.717, 1.165) is 30.7 Å². The highest BCUT2D eigenvalue weighted by Gasteiger charge is 2.24. The maximum atomic E-state index is 12.3. The van der Waals surface area contributed by atoms with Crippen LogP contribution >= 0.6 is 24.8 Å². The van der Waals surface area contributed by atoms with Gasteiger partial charge in [0.25, 0.3) is 5.91 Å². The number of hydrogen-bond acceptors (Lipinski definition) is 4. The fourth-order valence-corrected chi connectivity index (χ4v) is 2.61. The Balaban J connectivity index is 0.00000121. The van der Waals surface area contributed by atoms with E-state index in [-0.39, 0.29) is 36.8 Å². The van der Waals surface area contributed by atoms with Crippen LogP contribution in [0.4, 0.5) is 0 Å². The standard InChI is InChI=1S/C15H19N3O2.2ClH/c1-9-8-16-6-5-11(9)18-15(19)14-7-12-13(20-14)4-3-10(2)17-12;;/h3-4,7,9,11,16H,5-6,8H2,1-2H3,(H,18,19);2*1H. The molecule has 2 unspecified atom stereocenters. The smallest absolute Gasteiger partial charge is 0.287 e. The summed E-state index contributed by atoms with van der Waals surface area (Å²) in [6.07, 6.45) is 0.949. The first-order valence-corrected chi connectivity index (χ1v) is 7.02. The SMILES string of the molecule is Cc1ccc2oc(C(=O)NC3CCNCC3C)cc2n1.Cl.Cl. The third kappa shape index (κ3) is 3.91.